The number of fused-ring (bicyclic) bond motifs is 1. The Hall–Kier alpha value is -2.18. The number of amides is 1. The number of aliphatic hydroxyl groups excluding tert-OH is 1. The van der Waals surface area contributed by atoms with Crippen LogP contribution in [0.25, 0.3) is 0 Å². The van der Waals surface area contributed by atoms with Crippen molar-refractivity contribution < 1.29 is 9.90 Å². The first-order chi connectivity index (χ1) is 12.1. The first-order valence-corrected chi connectivity index (χ1v) is 8.79. The van der Waals surface area contributed by atoms with E-state index in [-0.39, 0.29) is 18.6 Å². The number of hydrogen-bond donors (Lipinski definition) is 2. The molecule has 0 saturated carbocycles. The molecule has 25 heavy (non-hydrogen) atoms. The third-order valence-electron chi connectivity index (χ3n) is 5.02. The van der Waals surface area contributed by atoms with Crippen LogP contribution in [0, 0.1) is 6.92 Å². The summed E-state index contributed by atoms with van der Waals surface area (Å²) in [5.74, 6) is 0.0378. The molecule has 1 amide bonds. The monoisotopic (exact) mass is 342 g/mol. The molecule has 1 aromatic heterocycles. The van der Waals surface area contributed by atoms with Gasteiger partial charge >= 0.3 is 0 Å². The zero-order valence-corrected chi connectivity index (χ0v) is 14.9. The summed E-state index contributed by atoms with van der Waals surface area (Å²) in [7, 11) is 0. The van der Waals surface area contributed by atoms with Gasteiger partial charge in [0.1, 0.15) is 0 Å². The fraction of sp³-hybridized carbons (Fsp3) is 0.474. The van der Waals surface area contributed by atoms with Gasteiger partial charge in [-0.1, -0.05) is 24.3 Å². The molecule has 1 aliphatic heterocycles. The lowest BCUT2D eigenvalue weighted by molar-refractivity contribution is -0.138. The van der Waals surface area contributed by atoms with Crippen LogP contribution < -0.4 is 0 Å². The van der Waals surface area contributed by atoms with Crippen molar-refractivity contribution in [3.63, 3.8) is 0 Å². The van der Waals surface area contributed by atoms with Crippen molar-refractivity contribution in [2.45, 2.75) is 39.4 Å². The molecule has 1 atom stereocenters. The molecule has 0 saturated heterocycles. The normalized spacial score (nSPS) is 15.6. The number of nitrogens with one attached hydrogen (secondary N) is 1. The van der Waals surface area contributed by atoms with E-state index in [9.17, 15) is 9.90 Å². The van der Waals surface area contributed by atoms with Crippen molar-refractivity contribution >= 4 is 5.91 Å². The van der Waals surface area contributed by atoms with E-state index in [0.717, 1.165) is 30.9 Å². The molecular formula is C19H26N4O2. The lowest BCUT2D eigenvalue weighted by atomic mass is 9.98. The summed E-state index contributed by atoms with van der Waals surface area (Å²) in [6.45, 7) is 6.25. The van der Waals surface area contributed by atoms with E-state index < -0.39 is 0 Å². The van der Waals surface area contributed by atoms with Crippen molar-refractivity contribution in [2.24, 2.45) is 0 Å². The maximum atomic E-state index is 13.0. The Kier molecular flexibility index (Phi) is 5.50. The van der Waals surface area contributed by atoms with E-state index in [1.165, 1.54) is 11.1 Å². The van der Waals surface area contributed by atoms with Gasteiger partial charge in [0.25, 0.3) is 0 Å². The van der Waals surface area contributed by atoms with Crippen LogP contribution in [0.15, 0.2) is 30.6 Å². The predicted molar refractivity (Wildman–Crippen MR) is 95.8 cm³/mol. The number of rotatable bonds is 6. The SMILES string of the molecule is Cc1[nH]cnc1CN(CCO)C(=O)C(C)N1CCc2ccccc2C1. The van der Waals surface area contributed by atoms with Crippen LogP contribution in [-0.2, 0) is 24.3 Å². The zero-order valence-electron chi connectivity index (χ0n) is 14.9. The lowest BCUT2D eigenvalue weighted by Crippen LogP contribution is -2.49. The Morgan fingerprint density at radius 3 is 2.84 bits per heavy atom. The van der Waals surface area contributed by atoms with E-state index >= 15 is 0 Å². The van der Waals surface area contributed by atoms with Gasteiger partial charge in [-0.25, -0.2) is 4.98 Å². The van der Waals surface area contributed by atoms with Gasteiger partial charge in [0.2, 0.25) is 5.91 Å². The van der Waals surface area contributed by atoms with Gasteiger partial charge in [0.05, 0.1) is 31.2 Å². The molecule has 2 heterocycles. The lowest BCUT2D eigenvalue weighted by Gasteiger charge is -2.35. The highest BCUT2D eigenvalue weighted by Gasteiger charge is 2.28. The number of H-pyrrole nitrogens is 1. The molecule has 3 rings (SSSR count). The van der Waals surface area contributed by atoms with Crippen molar-refractivity contribution in [3.05, 3.63) is 53.1 Å². The summed E-state index contributed by atoms with van der Waals surface area (Å²) in [6, 6.07) is 8.19. The fourth-order valence-electron chi connectivity index (χ4n) is 3.38. The molecule has 2 aromatic rings. The number of aliphatic hydroxyl groups is 1. The number of carbonyl (C=O) groups is 1. The van der Waals surface area contributed by atoms with Crippen LogP contribution in [0.4, 0.5) is 0 Å². The molecule has 0 bridgehead atoms. The smallest absolute Gasteiger partial charge is 0.240 e. The summed E-state index contributed by atoms with van der Waals surface area (Å²) < 4.78 is 0. The standard InChI is InChI=1S/C19H26N4O2/c1-14-18(21-13-20-14)12-23(9-10-24)19(25)15(2)22-8-7-16-5-3-4-6-17(16)11-22/h3-6,13,15,24H,7-12H2,1-2H3,(H,20,21). The Bertz CT molecular complexity index is 728. The molecule has 2 N–H and O–H groups in total. The first kappa shape index (κ1) is 17.6. The summed E-state index contributed by atoms with van der Waals surface area (Å²) in [4.78, 5) is 24.2. The Labute approximate surface area is 148 Å². The number of aromatic nitrogens is 2. The molecule has 1 unspecified atom stereocenters. The van der Waals surface area contributed by atoms with Gasteiger partial charge in [-0.15, -0.1) is 0 Å². The van der Waals surface area contributed by atoms with E-state index in [1.807, 2.05) is 19.9 Å². The third kappa shape index (κ3) is 3.91. The van der Waals surface area contributed by atoms with Crippen LogP contribution in [0.5, 0.6) is 0 Å². The van der Waals surface area contributed by atoms with Gasteiger partial charge in [-0.05, 0) is 31.4 Å². The third-order valence-corrected chi connectivity index (χ3v) is 5.02. The predicted octanol–water partition coefficient (Wildman–Crippen LogP) is 1.49. The molecule has 1 aromatic carbocycles. The number of carbonyl (C=O) groups excluding carboxylic acids is 1. The quantitative estimate of drug-likeness (QED) is 0.834. The van der Waals surface area contributed by atoms with Crippen LogP contribution in [0.2, 0.25) is 0 Å². The summed E-state index contributed by atoms with van der Waals surface area (Å²) in [6.07, 6.45) is 2.60. The summed E-state index contributed by atoms with van der Waals surface area (Å²) in [5, 5.41) is 9.37. The van der Waals surface area contributed by atoms with Crippen LogP contribution in [0.3, 0.4) is 0 Å². The van der Waals surface area contributed by atoms with E-state index in [1.54, 1.807) is 11.2 Å². The highest BCUT2D eigenvalue weighted by Crippen LogP contribution is 2.21. The minimum Gasteiger partial charge on any atom is -0.395 e. The van der Waals surface area contributed by atoms with E-state index in [4.69, 9.17) is 0 Å². The second-order valence-corrected chi connectivity index (χ2v) is 6.62. The summed E-state index contributed by atoms with van der Waals surface area (Å²) in [5.41, 5.74) is 4.47. The number of benzene rings is 1. The fourth-order valence-corrected chi connectivity index (χ4v) is 3.38. The van der Waals surface area contributed by atoms with E-state index in [0.29, 0.717) is 13.1 Å². The zero-order chi connectivity index (χ0) is 17.8. The molecule has 1 aliphatic rings. The molecule has 0 spiro atoms. The minimum absolute atomic E-state index is 0.0378. The van der Waals surface area contributed by atoms with Gasteiger partial charge in [-0.3, -0.25) is 9.69 Å². The summed E-state index contributed by atoms with van der Waals surface area (Å²) >= 11 is 0. The minimum atomic E-state index is -0.223. The van der Waals surface area contributed by atoms with Crippen LogP contribution >= 0.6 is 0 Å². The van der Waals surface area contributed by atoms with Crippen LogP contribution in [-0.4, -0.2) is 56.5 Å². The number of imidazole rings is 1. The highest BCUT2D eigenvalue weighted by atomic mass is 16.3. The molecule has 0 fully saturated rings. The molecule has 6 heteroatoms. The van der Waals surface area contributed by atoms with Gasteiger partial charge in [0, 0.05) is 25.3 Å². The average molecular weight is 342 g/mol. The Morgan fingerprint density at radius 1 is 1.40 bits per heavy atom. The molecule has 0 aliphatic carbocycles. The molecule has 6 nitrogen and oxygen atoms in total. The molecular weight excluding hydrogens is 316 g/mol. The maximum Gasteiger partial charge on any atom is 0.240 e. The second-order valence-electron chi connectivity index (χ2n) is 6.62. The molecule has 134 valence electrons. The van der Waals surface area contributed by atoms with Gasteiger partial charge in [-0.2, -0.15) is 0 Å². The van der Waals surface area contributed by atoms with Gasteiger partial charge in [0.15, 0.2) is 0 Å². The first-order valence-electron chi connectivity index (χ1n) is 8.79. The second kappa shape index (κ2) is 7.80. The Balaban J connectivity index is 1.70. The van der Waals surface area contributed by atoms with Crippen molar-refractivity contribution in [1.29, 1.82) is 0 Å². The average Bonchev–Trinajstić information content (AvgIpc) is 3.04. The highest BCUT2D eigenvalue weighted by molar-refractivity contribution is 5.81. The van der Waals surface area contributed by atoms with Crippen molar-refractivity contribution in [1.82, 2.24) is 19.8 Å². The number of aromatic amines is 1. The van der Waals surface area contributed by atoms with E-state index in [2.05, 4.69) is 33.1 Å². The van der Waals surface area contributed by atoms with Crippen LogP contribution in [0.1, 0.15) is 29.4 Å². The number of aryl methyl sites for hydroxylation is 1. The van der Waals surface area contributed by atoms with Gasteiger partial charge < -0.3 is 15.0 Å². The Morgan fingerprint density at radius 2 is 2.16 bits per heavy atom. The molecule has 0 radical (unpaired) electrons. The topological polar surface area (TPSA) is 72.5 Å². The number of hydrogen-bond acceptors (Lipinski definition) is 4. The largest absolute Gasteiger partial charge is 0.395 e. The number of nitrogens with zero attached hydrogens (tertiary/aromatic N) is 3. The maximum absolute atomic E-state index is 13.0. The van der Waals surface area contributed by atoms with Crippen molar-refractivity contribution in [3.8, 4) is 0 Å². The van der Waals surface area contributed by atoms with Crippen molar-refractivity contribution in [2.75, 3.05) is 19.7 Å².